The van der Waals surface area contributed by atoms with Crippen molar-refractivity contribution < 1.29 is 8.84 Å². The van der Waals surface area contributed by atoms with E-state index in [1.807, 2.05) is 57.3 Å². The molecule has 11 nitrogen and oxygen atoms in total. The first-order valence-electron chi connectivity index (χ1n) is 18.2. The highest BCUT2D eigenvalue weighted by Crippen LogP contribution is 2.40. The van der Waals surface area contributed by atoms with Crippen LogP contribution in [0, 0.1) is 18.3 Å². The Balaban J connectivity index is 1.14. The lowest BCUT2D eigenvalue weighted by molar-refractivity contribution is 0.166. The molecule has 1 aliphatic heterocycles. The van der Waals surface area contributed by atoms with Gasteiger partial charge in [0.2, 0.25) is 11.8 Å². The van der Waals surface area contributed by atoms with E-state index >= 15 is 0 Å². The summed E-state index contributed by atoms with van der Waals surface area (Å²) in [5, 5.41) is 22.4. The van der Waals surface area contributed by atoms with E-state index in [-0.39, 0.29) is 16.7 Å². The van der Waals surface area contributed by atoms with Gasteiger partial charge in [0.25, 0.3) is 5.56 Å². The molecule has 53 heavy (non-hydrogen) atoms. The van der Waals surface area contributed by atoms with Crippen molar-refractivity contribution in [1.29, 1.82) is 5.26 Å². The molecule has 0 radical (unpaired) electrons. The second-order valence-corrected chi connectivity index (χ2v) is 20.6. The molecular weight excluding hydrogens is 704 g/mol. The largest absolute Gasteiger partial charge is 0.418 e. The van der Waals surface area contributed by atoms with Crippen molar-refractivity contribution in [2.45, 2.75) is 84.8 Å². The van der Waals surface area contributed by atoms with Crippen LogP contribution in [0.25, 0.3) is 22.5 Å². The predicted molar refractivity (Wildman–Crippen MR) is 214 cm³/mol. The molecule has 1 fully saturated rings. The number of halogens is 1. The molecule has 278 valence electrons. The van der Waals surface area contributed by atoms with Crippen LogP contribution in [0.15, 0.2) is 63.9 Å². The predicted octanol–water partition coefficient (Wildman–Crippen LogP) is 8.25. The average molecular weight is 753 g/mol. The van der Waals surface area contributed by atoms with Gasteiger partial charge in [-0.05, 0) is 98.1 Å². The van der Waals surface area contributed by atoms with Crippen LogP contribution in [-0.4, -0.2) is 65.7 Å². The standard InChI is InChI=1S/C40H49ClN8O3Si/c1-9-28-21-33-34(45-37(28)50)20-27(23-43-33)24-48-16-18-49(19-17-48)31-13-10-29(11-14-31)38-46-47-39(51-38)36(26(3)52-53(7,8)40(4,5)6)44-32-15-12-30(22-42)35(41)25(32)2/h10-15,20-21,23,26,36,44H,9,16-19,24H2,1-8H3,(H,45,50)/t26-,36+/m0/s1. The topological polar surface area (TPSA) is 136 Å². The van der Waals surface area contributed by atoms with Crippen molar-refractivity contribution in [2.24, 2.45) is 0 Å². The fraction of sp³-hybridized carbons (Fsp3) is 0.425. The van der Waals surface area contributed by atoms with Crippen molar-refractivity contribution in [2.75, 3.05) is 36.4 Å². The second kappa shape index (κ2) is 15.4. The van der Waals surface area contributed by atoms with Crippen molar-refractivity contribution in [3.8, 4) is 17.5 Å². The third kappa shape index (κ3) is 8.34. The van der Waals surface area contributed by atoms with E-state index in [9.17, 15) is 10.1 Å². The van der Waals surface area contributed by atoms with Gasteiger partial charge < -0.3 is 24.0 Å². The Morgan fingerprint density at radius 1 is 1.09 bits per heavy atom. The summed E-state index contributed by atoms with van der Waals surface area (Å²) in [7, 11) is -2.16. The number of rotatable bonds is 11. The maximum Gasteiger partial charge on any atom is 0.251 e. The summed E-state index contributed by atoms with van der Waals surface area (Å²) in [6.07, 6.45) is 2.29. The van der Waals surface area contributed by atoms with Gasteiger partial charge in [-0.1, -0.05) is 39.3 Å². The third-order valence-corrected chi connectivity index (χ3v) is 15.8. The lowest BCUT2D eigenvalue weighted by atomic mass is 10.1. The van der Waals surface area contributed by atoms with Crippen LogP contribution in [0.5, 0.6) is 0 Å². The number of nitriles is 1. The third-order valence-electron chi connectivity index (χ3n) is 10.7. The number of hydrogen-bond acceptors (Lipinski definition) is 10. The first-order chi connectivity index (χ1) is 25.2. The SMILES string of the molecule is CCc1cc2ncc(CN3CCN(c4ccc(-c5nnc([C@H](Nc6ccc(C#N)c(Cl)c6C)[C@H](C)O[Si](C)(C)C(C)(C)C)o5)cc4)CC3)cc2[nH]c1=O. The maximum atomic E-state index is 12.3. The lowest BCUT2D eigenvalue weighted by Gasteiger charge is -2.40. The normalized spacial score (nSPS) is 15.4. The Morgan fingerprint density at radius 2 is 1.81 bits per heavy atom. The molecule has 0 saturated carbocycles. The number of fused-ring (bicyclic) bond motifs is 1. The molecule has 0 spiro atoms. The molecule has 3 aromatic heterocycles. The number of hydrogen-bond donors (Lipinski definition) is 2. The number of aromatic nitrogens is 4. The first kappa shape index (κ1) is 38.2. The van der Waals surface area contributed by atoms with Gasteiger partial charge in [0.15, 0.2) is 8.32 Å². The molecule has 5 aromatic rings. The minimum atomic E-state index is -2.16. The molecule has 13 heteroatoms. The van der Waals surface area contributed by atoms with E-state index in [1.54, 1.807) is 6.07 Å². The van der Waals surface area contributed by atoms with Crippen LogP contribution in [0.3, 0.4) is 0 Å². The summed E-state index contributed by atoms with van der Waals surface area (Å²) in [6.45, 7) is 21.3. The zero-order valence-electron chi connectivity index (χ0n) is 31.9. The van der Waals surface area contributed by atoms with E-state index in [0.717, 1.165) is 77.4 Å². The number of piperazine rings is 1. The Kier molecular flexibility index (Phi) is 11.1. The molecule has 4 heterocycles. The van der Waals surface area contributed by atoms with E-state index in [1.165, 1.54) is 0 Å². The zero-order valence-corrected chi connectivity index (χ0v) is 33.6. The molecular formula is C40H49ClN8O3Si. The van der Waals surface area contributed by atoms with Crippen LogP contribution < -0.4 is 15.8 Å². The van der Waals surface area contributed by atoms with Crippen molar-refractivity contribution in [3.05, 3.63) is 98.2 Å². The number of anilines is 2. The van der Waals surface area contributed by atoms with Gasteiger partial charge in [-0.3, -0.25) is 14.7 Å². The zero-order chi connectivity index (χ0) is 38.1. The fourth-order valence-electron chi connectivity index (χ4n) is 6.41. The Labute approximate surface area is 317 Å². The fourth-order valence-corrected chi connectivity index (χ4v) is 8.04. The number of benzene rings is 2. The van der Waals surface area contributed by atoms with Crippen LogP contribution in [0.2, 0.25) is 23.2 Å². The summed E-state index contributed by atoms with van der Waals surface area (Å²) >= 11 is 6.54. The molecule has 0 amide bonds. The van der Waals surface area contributed by atoms with E-state index < -0.39 is 14.4 Å². The van der Waals surface area contributed by atoms with Crippen LogP contribution in [-0.2, 0) is 17.4 Å². The Bertz CT molecular complexity index is 2180. The summed E-state index contributed by atoms with van der Waals surface area (Å²) in [5.74, 6) is 0.832. The van der Waals surface area contributed by atoms with Gasteiger partial charge in [-0.2, -0.15) is 5.26 Å². The second-order valence-electron chi connectivity index (χ2n) is 15.4. The van der Waals surface area contributed by atoms with Gasteiger partial charge in [-0.15, -0.1) is 10.2 Å². The molecule has 0 aliphatic carbocycles. The molecule has 6 rings (SSSR count). The number of aryl methyl sites for hydroxylation is 1. The Hall–Kier alpha value is -4.54. The van der Waals surface area contributed by atoms with Crippen molar-refractivity contribution in [3.63, 3.8) is 0 Å². The average Bonchev–Trinajstić information content (AvgIpc) is 3.61. The molecule has 2 N–H and O–H groups in total. The van der Waals surface area contributed by atoms with E-state index in [4.69, 9.17) is 20.4 Å². The van der Waals surface area contributed by atoms with E-state index in [2.05, 4.69) is 87.3 Å². The summed E-state index contributed by atoms with van der Waals surface area (Å²) in [4.78, 5) is 24.7. The molecule has 0 bridgehead atoms. The van der Waals surface area contributed by atoms with Crippen molar-refractivity contribution >= 4 is 42.3 Å². The highest BCUT2D eigenvalue weighted by Gasteiger charge is 2.41. The highest BCUT2D eigenvalue weighted by atomic mass is 35.5. The highest BCUT2D eigenvalue weighted by molar-refractivity contribution is 6.74. The van der Waals surface area contributed by atoms with Crippen LogP contribution in [0.4, 0.5) is 11.4 Å². The van der Waals surface area contributed by atoms with E-state index in [0.29, 0.717) is 28.8 Å². The Morgan fingerprint density at radius 3 is 2.47 bits per heavy atom. The van der Waals surface area contributed by atoms with Gasteiger partial charge >= 0.3 is 0 Å². The molecule has 0 unspecified atom stereocenters. The minimum absolute atomic E-state index is 0.00413. The maximum absolute atomic E-state index is 12.3. The lowest BCUT2D eigenvalue weighted by Crippen LogP contribution is -2.45. The first-order valence-corrected chi connectivity index (χ1v) is 21.5. The quantitative estimate of drug-likeness (QED) is 0.127. The van der Waals surface area contributed by atoms with Gasteiger partial charge in [0.1, 0.15) is 12.1 Å². The summed E-state index contributed by atoms with van der Waals surface area (Å²) in [5.41, 5.74) is 7.32. The number of aromatic amines is 1. The number of H-pyrrole nitrogens is 1. The van der Waals surface area contributed by atoms with Crippen LogP contribution in [0.1, 0.15) is 68.8 Å². The number of nitrogens with one attached hydrogen (secondary N) is 2. The number of nitrogens with zero attached hydrogens (tertiary/aromatic N) is 6. The monoisotopic (exact) mass is 752 g/mol. The smallest absolute Gasteiger partial charge is 0.251 e. The summed E-state index contributed by atoms with van der Waals surface area (Å²) < 4.78 is 13.2. The summed E-state index contributed by atoms with van der Waals surface area (Å²) in [6, 6.07) is 17.4. The van der Waals surface area contributed by atoms with Gasteiger partial charge in [-0.25, -0.2) is 0 Å². The van der Waals surface area contributed by atoms with Gasteiger partial charge in [0, 0.05) is 61.4 Å². The molecule has 1 saturated heterocycles. The van der Waals surface area contributed by atoms with Crippen LogP contribution >= 0.6 is 11.6 Å². The molecule has 2 atom stereocenters. The number of pyridine rings is 2. The minimum Gasteiger partial charge on any atom is -0.418 e. The molecule has 2 aromatic carbocycles. The molecule has 1 aliphatic rings. The van der Waals surface area contributed by atoms with Crippen molar-refractivity contribution in [1.82, 2.24) is 25.1 Å². The van der Waals surface area contributed by atoms with Gasteiger partial charge in [0.05, 0.1) is 27.7 Å².